The monoisotopic (exact) mass is 289 g/mol. The predicted octanol–water partition coefficient (Wildman–Crippen LogP) is 4.90. The van der Waals surface area contributed by atoms with Crippen LogP contribution in [0, 0.1) is 0 Å². The zero-order valence-electron chi connectivity index (χ0n) is 13.3. The molecule has 0 atom stereocenters. The number of hydrogen-bond acceptors (Lipinski definition) is 1. The largest absolute Gasteiger partial charge is 0.417 e. The van der Waals surface area contributed by atoms with Crippen LogP contribution in [0.4, 0.5) is 0 Å². The number of rotatable bonds is 7. The normalized spacial score (nSPS) is 12.2. The van der Waals surface area contributed by atoms with Crippen LogP contribution >= 0.6 is 0 Å². The van der Waals surface area contributed by atoms with Gasteiger partial charge < -0.3 is 9.41 Å². The van der Waals surface area contributed by atoms with Crippen LogP contribution in [0.1, 0.15) is 31.9 Å². The Labute approximate surface area is 123 Å². The van der Waals surface area contributed by atoms with Crippen LogP contribution in [-0.4, -0.2) is 19.9 Å². The molecule has 0 aliphatic carbocycles. The van der Waals surface area contributed by atoms with Gasteiger partial charge in [0.25, 0.3) is 0 Å². The molecule has 0 unspecified atom stereocenters. The first kappa shape index (κ1) is 15.3. The van der Waals surface area contributed by atoms with E-state index in [9.17, 15) is 0 Å². The van der Waals surface area contributed by atoms with Crippen LogP contribution in [0.2, 0.25) is 18.6 Å². The fraction of sp³-hybridized carbons (Fsp3) is 0.529. The van der Waals surface area contributed by atoms with Crippen molar-refractivity contribution in [1.82, 2.24) is 4.98 Å². The van der Waals surface area contributed by atoms with Gasteiger partial charge in [-0.2, -0.15) is 0 Å². The Morgan fingerprint density at radius 3 is 2.50 bits per heavy atom. The standard InChI is InChI=1S/C17H27NOSi/c1-5-14-9-8-10-16-15(13-18-17(14)16)11-12-19-20(4,6-2)7-3/h8-10,13,18H,5-7,11-12H2,1-4H3. The molecule has 0 aliphatic heterocycles. The van der Waals surface area contributed by atoms with Crippen LogP contribution in [0.5, 0.6) is 0 Å². The molecule has 110 valence electrons. The summed E-state index contributed by atoms with van der Waals surface area (Å²) in [6.45, 7) is 9.92. The van der Waals surface area contributed by atoms with Crippen molar-refractivity contribution in [2.75, 3.05) is 6.61 Å². The van der Waals surface area contributed by atoms with Crippen molar-refractivity contribution in [3.8, 4) is 0 Å². The quantitative estimate of drug-likeness (QED) is 0.720. The number of para-hydroxylation sites is 1. The van der Waals surface area contributed by atoms with Crippen LogP contribution in [0.25, 0.3) is 10.9 Å². The smallest absolute Gasteiger partial charge is 0.189 e. The van der Waals surface area contributed by atoms with E-state index in [0.29, 0.717) is 0 Å². The fourth-order valence-corrected chi connectivity index (χ4v) is 4.14. The number of aromatic nitrogens is 1. The lowest BCUT2D eigenvalue weighted by Crippen LogP contribution is -2.33. The minimum absolute atomic E-state index is 0.855. The Bertz CT molecular complexity index is 557. The lowest BCUT2D eigenvalue weighted by Gasteiger charge is -2.24. The summed E-state index contributed by atoms with van der Waals surface area (Å²) in [5, 5.41) is 1.37. The Kier molecular flexibility index (Phi) is 5.05. The summed E-state index contributed by atoms with van der Waals surface area (Å²) in [6, 6.07) is 9.00. The lowest BCUT2D eigenvalue weighted by atomic mass is 10.1. The molecule has 0 aliphatic rings. The Morgan fingerprint density at radius 1 is 1.10 bits per heavy atom. The molecule has 0 spiro atoms. The second-order valence-corrected chi connectivity index (χ2v) is 10.4. The summed E-state index contributed by atoms with van der Waals surface area (Å²) >= 11 is 0. The number of aryl methyl sites for hydroxylation is 1. The zero-order valence-corrected chi connectivity index (χ0v) is 14.3. The molecule has 2 aromatic rings. The molecule has 1 aromatic heterocycles. The molecule has 0 radical (unpaired) electrons. The van der Waals surface area contributed by atoms with Crippen molar-refractivity contribution in [2.24, 2.45) is 0 Å². The maximum Gasteiger partial charge on any atom is 0.189 e. The van der Waals surface area contributed by atoms with E-state index in [1.54, 1.807) is 0 Å². The van der Waals surface area contributed by atoms with Gasteiger partial charge in [0.15, 0.2) is 8.32 Å². The van der Waals surface area contributed by atoms with Crippen molar-refractivity contribution in [3.63, 3.8) is 0 Å². The van der Waals surface area contributed by atoms with Gasteiger partial charge in [0.2, 0.25) is 0 Å². The van der Waals surface area contributed by atoms with Gasteiger partial charge in [-0.05, 0) is 42.6 Å². The minimum atomic E-state index is -1.43. The number of nitrogens with one attached hydrogen (secondary N) is 1. The lowest BCUT2D eigenvalue weighted by molar-refractivity contribution is 0.308. The summed E-state index contributed by atoms with van der Waals surface area (Å²) in [5.74, 6) is 0. The van der Waals surface area contributed by atoms with Crippen molar-refractivity contribution < 1.29 is 4.43 Å². The number of benzene rings is 1. The van der Waals surface area contributed by atoms with Crippen LogP contribution in [-0.2, 0) is 17.3 Å². The SMILES string of the molecule is CCc1cccc2c(CCO[Si](C)(CC)CC)c[nH]c12. The van der Waals surface area contributed by atoms with Gasteiger partial charge in [-0.1, -0.05) is 39.0 Å². The highest BCUT2D eigenvalue weighted by molar-refractivity contribution is 6.72. The van der Waals surface area contributed by atoms with Crippen LogP contribution < -0.4 is 0 Å². The first-order valence-corrected chi connectivity index (χ1v) is 10.7. The van der Waals surface area contributed by atoms with E-state index in [1.807, 2.05) is 0 Å². The molecule has 0 saturated heterocycles. The predicted molar refractivity (Wildman–Crippen MR) is 89.9 cm³/mol. The van der Waals surface area contributed by atoms with E-state index in [2.05, 4.69) is 56.7 Å². The highest BCUT2D eigenvalue weighted by Crippen LogP contribution is 2.23. The number of aromatic amines is 1. The van der Waals surface area contributed by atoms with Gasteiger partial charge >= 0.3 is 0 Å². The molecule has 1 heterocycles. The van der Waals surface area contributed by atoms with E-state index in [4.69, 9.17) is 4.43 Å². The van der Waals surface area contributed by atoms with Crippen molar-refractivity contribution in [1.29, 1.82) is 0 Å². The molecule has 1 aromatic carbocycles. The van der Waals surface area contributed by atoms with Gasteiger partial charge in [-0.15, -0.1) is 0 Å². The molecular weight excluding hydrogens is 262 g/mol. The second kappa shape index (κ2) is 6.59. The minimum Gasteiger partial charge on any atom is -0.417 e. The molecular formula is C17H27NOSi. The second-order valence-electron chi connectivity index (χ2n) is 5.76. The van der Waals surface area contributed by atoms with Crippen LogP contribution in [0.15, 0.2) is 24.4 Å². The van der Waals surface area contributed by atoms with Gasteiger partial charge in [0.1, 0.15) is 0 Å². The highest BCUT2D eigenvalue weighted by atomic mass is 28.4. The summed E-state index contributed by atoms with van der Waals surface area (Å²) in [4.78, 5) is 3.44. The van der Waals surface area contributed by atoms with E-state index in [1.165, 1.54) is 34.1 Å². The van der Waals surface area contributed by atoms with E-state index in [-0.39, 0.29) is 0 Å². The van der Waals surface area contributed by atoms with Crippen molar-refractivity contribution in [2.45, 2.75) is 52.2 Å². The average molecular weight is 289 g/mol. The van der Waals surface area contributed by atoms with Gasteiger partial charge in [-0.25, -0.2) is 0 Å². The molecule has 0 amide bonds. The number of hydrogen-bond donors (Lipinski definition) is 1. The Morgan fingerprint density at radius 2 is 1.85 bits per heavy atom. The number of H-pyrrole nitrogens is 1. The zero-order chi connectivity index (χ0) is 14.6. The molecule has 0 saturated carbocycles. The molecule has 1 N–H and O–H groups in total. The molecule has 0 bridgehead atoms. The average Bonchev–Trinajstić information content (AvgIpc) is 2.90. The third-order valence-electron chi connectivity index (χ3n) is 4.59. The summed E-state index contributed by atoms with van der Waals surface area (Å²) in [7, 11) is -1.43. The molecule has 2 rings (SSSR count). The van der Waals surface area contributed by atoms with E-state index >= 15 is 0 Å². The topological polar surface area (TPSA) is 25.0 Å². The van der Waals surface area contributed by atoms with E-state index in [0.717, 1.165) is 19.4 Å². The molecule has 2 nitrogen and oxygen atoms in total. The summed E-state index contributed by atoms with van der Waals surface area (Å²) in [6.07, 6.45) is 4.24. The fourth-order valence-electron chi connectivity index (χ4n) is 2.64. The first-order chi connectivity index (χ1) is 9.63. The summed E-state index contributed by atoms with van der Waals surface area (Å²) in [5.41, 5.74) is 4.09. The van der Waals surface area contributed by atoms with Crippen LogP contribution in [0.3, 0.4) is 0 Å². The third kappa shape index (κ3) is 3.15. The van der Waals surface area contributed by atoms with Gasteiger partial charge in [-0.3, -0.25) is 0 Å². The van der Waals surface area contributed by atoms with E-state index < -0.39 is 8.32 Å². The third-order valence-corrected chi connectivity index (χ3v) is 8.48. The van der Waals surface area contributed by atoms with Crippen molar-refractivity contribution >= 4 is 19.2 Å². The molecule has 20 heavy (non-hydrogen) atoms. The molecule has 3 heteroatoms. The summed E-state index contributed by atoms with van der Waals surface area (Å²) < 4.78 is 6.23. The number of fused-ring (bicyclic) bond motifs is 1. The Balaban J connectivity index is 2.08. The maximum absolute atomic E-state index is 6.23. The van der Waals surface area contributed by atoms with Crippen molar-refractivity contribution in [3.05, 3.63) is 35.5 Å². The highest BCUT2D eigenvalue weighted by Gasteiger charge is 2.23. The van der Waals surface area contributed by atoms with Gasteiger partial charge in [0, 0.05) is 23.7 Å². The Hall–Kier alpha value is -1.06. The first-order valence-electron chi connectivity index (χ1n) is 7.85. The molecule has 0 fully saturated rings. The van der Waals surface area contributed by atoms with Gasteiger partial charge in [0.05, 0.1) is 0 Å². The maximum atomic E-state index is 6.23.